The van der Waals surface area contributed by atoms with Crippen LogP contribution in [0.1, 0.15) is 66.2 Å². The third-order valence-corrected chi connectivity index (χ3v) is 7.27. The average molecular weight is 624 g/mol. The number of nitrogens with one attached hydrogen (secondary N) is 1. The number of carbonyl (C=O) groups is 3. The highest BCUT2D eigenvalue weighted by Gasteiger charge is 2.53. The van der Waals surface area contributed by atoms with Crippen molar-refractivity contribution in [3.63, 3.8) is 0 Å². The summed E-state index contributed by atoms with van der Waals surface area (Å²) in [7, 11) is -1.59. The van der Waals surface area contributed by atoms with Crippen LogP contribution < -0.4 is 10.8 Å². The molecule has 5 atom stereocenters. The minimum atomic E-state index is -2.75. The fourth-order valence-electron chi connectivity index (χ4n) is 3.63. The van der Waals surface area contributed by atoms with E-state index in [1.165, 1.54) is 23.8 Å². The van der Waals surface area contributed by atoms with Crippen LogP contribution in [-0.2, 0) is 42.4 Å². The first-order chi connectivity index (χ1) is 20.3. The van der Waals surface area contributed by atoms with Gasteiger partial charge in [-0.25, -0.2) is 9.50 Å². The Kier molecular flexibility index (Phi) is 13.4. The summed E-state index contributed by atoms with van der Waals surface area (Å²) in [6.07, 6.45) is -0.446. The molecule has 0 aliphatic rings. The van der Waals surface area contributed by atoms with Gasteiger partial charge in [0.25, 0.3) is 0 Å². The Morgan fingerprint density at radius 2 is 1.77 bits per heavy atom. The number of hydrogen-bond donors (Lipinski definition) is 2. The van der Waals surface area contributed by atoms with Crippen LogP contribution in [0.15, 0.2) is 18.5 Å². The van der Waals surface area contributed by atoms with Gasteiger partial charge < -0.3 is 24.7 Å². The minimum Gasteiger partial charge on any atom is -0.464 e. The Bertz CT molecular complexity index is 1330. The monoisotopic (exact) mass is 623 g/mol. The van der Waals surface area contributed by atoms with Crippen molar-refractivity contribution < 1.29 is 42.4 Å². The van der Waals surface area contributed by atoms with Gasteiger partial charge in [0.1, 0.15) is 24.0 Å². The van der Waals surface area contributed by atoms with Crippen LogP contribution in [0, 0.1) is 23.2 Å². The maximum Gasteiger partial charge on any atom is 0.613 e. The fourth-order valence-corrected chi connectivity index (χ4v) is 4.44. The lowest BCUT2D eigenvalue weighted by Crippen LogP contribution is -2.53. The molecule has 236 valence electrons. The molecule has 0 fully saturated rings. The van der Waals surface area contributed by atoms with Crippen LogP contribution >= 0.6 is 8.18 Å². The number of carbonyl (C=O) groups excluding carboxylic acids is 3. The summed E-state index contributed by atoms with van der Waals surface area (Å²) < 4.78 is 41.9. The van der Waals surface area contributed by atoms with Crippen molar-refractivity contribution in [2.24, 2.45) is 11.8 Å². The molecule has 0 bridgehead atoms. The molecule has 0 saturated carbocycles. The molecule has 0 saturated heterocycles. The van der Waals surface area contributed by atoms with Gasteiger partial charge >= 0.3 is 26.1 Å². The predicted octanol–water partition coefficient (Wildman–Crippen LogP) is 3.02. The van der Waals surface area contributed by atoms with Crippen molar-refractivity contribution in [1.29, 1.82) is 5.26 Å². The highest BCUT2D eigenvalue weighted by atomic mass is 31.1. The predicted molar refractivity (Wildman–Crippen MR) is 153 cm³/mol. The van der Waals surface area contributed by atoms with E-state index < -0.39 is 68.4 Å². The molecule has 43 heavy (non-hydrogen) atoms. The number of aromatic nitrogens is 3. The van der Waals surface area contributed by atoms with Crippen molar-refractivity contribution in [2.75, 3.05) is 26.1 Å². The molecular weight excluding hydrogens is 583 g/mol. The zero-order valence-corrected chi connectivity index (χ0v) is 26.3. The molecule has 0 aliphatic carbocycles. The van der Waals surface area contributed by atoms with E-state index in [1.54, 1.807) is 33.8 Å². The highest BCUT2D eigenvalue weighted by molar-refractivity contribution is 7.36. The molecule has 0 aliphatic heterocycles. The maximum atomic E-state index is 13.0. The molecule has 2 rings (SSSR count). The van der Waals surface area contributed by atoms with Crippen molar-refractivity contribution in [3.05, 3.63) is 24.2 Å². The zero-order valence-electron chi connectivity index (χ0n) is 25.4. The molecule has 2 heterocycles. The van der Waals surface area contributed by atoms with Gasteiger partial charge in [0.05, 0.1) is 24.1 Å². The lowest BCUT2D eigenvalue weighted by Gasteiger charge is -2.36. The Labute approximate surface area is 251 Å². The highest BCUT2D eigenvalue weighted by Crippen LogP contribution is 2.37. The summed E-state index contributed by atoms with van der Waals surface area (Å²) in [5, 5.41) is 17.1. The largest absolute Gasteiger partial charge is 0.613 e. The molecular formula is C27H40N6O9P+. The number of rotatable bonds is 17. The molecule has 16 heteroatoms. The van der Waals surface area contributed by atoms with E-state index in [0.717, 1.165) is 13.5 Å². The summed E-state index contributed by atoms with van der Waals surface area (Å²) in [5.74, 6) is -3.20. The number of methoxy groups -OCH3 is 1. The van der Waals surface area contributed by atoms with Crippen molar-refractivity contribution in [1.82, 2.24) is 19.7 Å². The lowest BCUT2D eigenvalue weighted by atomic mass is 9.92. The Morgan fingerprint density at radius 1 is 1.12 bits per heavy atom. The average Bonchev–Trinajstić information content (AvgIpc) is 3.41. The number of ether oxygens (including phenoxy) is 4. The summed E-state index contributed by atoms with van der Waals surface area (Å²) >= 11 is 0. The molecule has 1 unspecified atom stereocenters. The second-order valence-corrected chi connectivity index (χ2v) is 11.4. The van der Waals surface area contributed by atoms with Crippen LogP contribution in [0.4, 0.5) is 5.82 Å². The number of unbranched alkanes of at least 4 members (excludes halogenated alkanes) is 1. The van der Waals surface area contributed by atoms with E-state index in [4.69, 9.17) is 29.2 Å². The molecule has 3 N–H and O–H groups in total. The first-order valence-corrected chi connectivity index (χ1v) is 15.0. The maximum absolute atomic E-state index is 13.0. The summed E-state index contributed by atoms with van der Waals surface area (Å²) in [4.78, 5) is 42.1. The molecule has 2 aromatic rings. The van der Waals surface area contributed by atoms with Crippen molar-refractivity contribution in [3.8, 4) is 6.07 Å². The molecule has 0 spiro atoms. The smallest absolute Gasteiger partial charge is 0.464 e. The second-order valence-electron chi connectivity index (χ2n) is 10.3. The molecule has 0 aromatic carbocycles. The number of esters is 3. The first kappa shape index (κ1) is 35.5. The molecule has 2 aromatic heterocycles. The Morgan fingerprint density at radius 3 is 2.35 bits per heavy atom. The van der Waals surface area contributed by atoms with Gasteiger partial charge in [-0.15, -0.1) is 4.52 Å². The Balaban J connectivity index is 2.52. The SMILES string of the molecule is CCCCOC(=O)[C@H](C)N[P+](=O)OC[C@@](C#N)(OC)[C@@H](OC(=O)C(C)C)[C@@H](OC(=O)C(C)C)c1ccc2c(N)ncnn12. The van der Waals surface area contributed by atoms with Crippen molar-refractivity contribution >= 4 is 37.4 Å². The zero-order chi connectivity index (χ0) is 32.3. The van der Waals surface area contributed by atoms with Crippen LogP contribution in [0.3, 0.4) is 0 Å². The van der Waals surface area contributed by atoms with Gasteiger partial charge in [-0.05, 0) is 30.0 Å². The molecule has 0 radical (unpaired) electrons. The van der Waals surface area contributed by atoms with Crippen LogP contribution in [0.5, 0.6) is 0 Å². The van der Waals surface area contributed by atoms with Crippen LogP contribution in [-0.4, -0.2) is 70.6 Å². The van der Waals surface area contributed by atoms with Crippen LogP contribution in [0.2, 0.25) is 0 Å². The summed E-state index contributed by atoms with van der Waals surface area (Å²) in [6.45, 7) is 9.23. The minimum absolute atomic E-state index is 0.123. The third-order valence-electron chi connectivity index (χ3n) is 6.31. The molecule has 0 amide bonds. The van der Waals surface area contributed by atoms with Gasteiger partial charge in [0.15, 0.2) is 24.6 Å². The number of nitriles is 1. The number of hydrogen-bond acceptors (Lipinski definition) is 13. The van der Waals surface area contributed by atoms with E-state index in [9.17, 15) is 24.2 Å². The normalized spacial score (nSPS) is 15.3. The number of nitrogens with zero attached hydrogens (tertiary/aromatic N) is 4. The fraction of sp³-hybridized carbons (Fsp3) is 0.630. The van der Waals surface area contributed by atoms with Crippen LogP contribution in [0.25, 0.3) is 5.52 Å². The number of nitrogen functional groups attached to an aromatic ring is 1. The van der Waals surface area contributed by atoms with E-state index in [0.29, 0.717) is 11.9 Å². The quantitative estimate of drug-likeness (QED) is 0.112. The van der Waals surface area contributed by atoms with E-state index in [1.807, 2.05) is 13.0 Å². The number of nitrogens with two attached hydrogens (primary N) is 1. The topological polar surface area (TPSA) is 206 Å². The summed E-state index contributed by atoms with van der Waals surface area (Å²) in [5.41, 5.74) is 4.37. The standard InChI is InChI=1S/C27H40N6O9P/c1-8-9-12-39-26(36)18(6)32-43(37)40-14-27(13-28,38-7)22(42-25(35)17(4)5)21(41-24(34)16(2)3)19-10-11-20-23(29)30-15-31-33(19)20/h10-11,15-18,21-22H,8-9,12,14H2,1-7H3,(H,32,37)(H2,29,30,31)/q+1/t18-,21-,22-,27+/m0/s1. The first-order valence-electron chi connectivity index (χ1n) is 13.8. The Hall–Kier alpha value is -3.70. The summed E-state index contributed by atoms with van der Waals surface area (Å²) in [6, 6.07) is 4.05. The second kappa shape index (κ2) is 16.2. The van der Waals surface area contributed by atoms with E-state index in [2.05, 4.69) is 15.2 Å². The number of anilines is 1. The van der Waals surface area contributed by atoms with Gasteiger partial charge in [-0.2, -0.15) is 10.4 Å². The van der Waals surface area contributed by atoms with Gasteiger partial charge in [0, 0.05) is 7.11 Å². The number of fused-ring (bicyclic) bond motifs is 1. The third kappa shape index (κ3) is 9.14. The lowest BCUT2D eigenvalue weighted by molar-refractivity contribution is -0.197. The van der Waals surface area contributed by atoms with E-state index in [-0.39, 0.29) is 18.1 Å². The van der Waals surface area contributed by atoms with Crippen molar-refractivity contribution in [2.45, 2.75) is 78.2 Å². The molecule has 15 nitrogen and oxygen atoms in total. The van der Waals surface area contributed by atoms with E-state index >= 15 is 0 Å². The van der Waals surface area contributed by atoms with Gasteiger partial charge in [0.2, 0.25) is 5.60 Å². The van der Waals surface area contributed by atoms with Gasteiger partial charge in [-0.1, -0.05) is 46.1 Å². The van der Waals surface area contributed by atoms with Gasteiger partial charge in [-0.3, -0.25) is 14.4 Å².